The summed E-state index contributed by atoms with van der Waals surface area (Å²) in [6, 6.07) is 4.71. The Balaban J connectivity index is 1.79. The molecule has 4 heteroatoms. The van der Waals surface area contributed by atoms with Crippen molar-refractivity contribution < 1.29 is 0 Å². The van der Waals surface area contributed by atoms with Crippen LogP contribution in [0.1, 0.15) is 24.2 Å². The summed E-state index contributed by atoms with van der Waals surface area (Å²) in [4.78, 5) is 8.41. The fourth-order valence-electron chi connectivity index (χ4n) is 2.26. The highest BCUT2D eigenvalue weighted by atomic mass is 15.0. The van der Waals surface area contributed by atoms with Crippen LogP contribution in [0.2, 0.25) is 0 Å². The van der Waals surface area contributed by atoms with Crippen molar-refractivity contribution in [2.75, 3.05) is 7.05 Å². The van der Waals surface area contributed by atoms with Crippen molar-refractivity contribution in [3.63, 3.8) is 0 Å². The molecule has 0 aromatic carbocycles. The van der Waals surface area contributed by atoms with Crippen molar-refractivity contribution in [3.8, 4) is 0 Å². The number of hydrogen-bond donors (Lipinski definition) is 1. The van der Waals surface area contributed by atoms with Gasteiger partial charge in [-0.3, -0.25) is 4.98 Å². The monoisotopic (exact) mass is 258 g/mol. The van der Waals surface area contributed by atoms with E-state index >= 15 is 0 Å². The zero-order valence-corrected chi connectivity index (χ0v) is 11.7. The van der Waals surface area contributed by atoms with Gasteiger partial charge in [0.15, 0.2) is 0 Å². The second-order valence-electron chi connectivity index (χ2n) is 4.87. The van der Waals surface area contributed by atoms with E-state index in [4.69, 9.17) is 0 Å². The van der Waals surface area contributed by atoms with E-state index in [2.05, 4.69) is 32.0 Å². The minimum atomic E-state index is 0.532. The van der Waals surface area contributed by atoms with E-state index < -0.39 is 0 Å². The summed E-state index contributed by atoms with van der Waals surface area (Å²) in [5.41, 5.74) is 1.35. The SMILES string of the molecule is CNC(CCc1ccncc1)CCc1nccn1C. The van der Waals surface area contributed by atoms with E-state index in [-0.39, 0.29) is 0 Å². The van der Waals surface area contributed by atoms with Gasteiger partial charge < -0.3 is 9.88 Å². The van der Waals surface area contributed by atoms with Crippen LogP contribution in [0.5, 0.6) is 0 Å². The van der Waals surface area contributed by atoms with E-state index in [1.165, 1.54) is 5.56 Å². The molecule has 4 nitrogen and oxygen atoms in total. The predicted molar refractivity (Wildman–Crippen MR) is 76.9 cm³/mol. The number of rotatable bonds is 7. The first-order chi connectivity index (χ1) is 9.29. The van der Waals surface area contributed by atoms with E-state index in [1.54, 1.807) is 0 Å². The molecule has 2 rings (SSSR count). The second-order valence-corrected chi connectivity index (χ2v) is 4.87. The normalized spacial score (nSPS) is 12.5. The van der Waals surface area contributed by atoms with Crippen LogP contribution in [0.3, 0.4) is 0 Å². The molecule has 0 fully saturated rings. The molecule has 2 aromatic heterocycles. The number of aryl methyl sites for hydroxylation is 3. The molecule has 0 saturated carbocycles. The molecular formula is C15H22N4. The maximum Gasteiger partial charge on any atom is 0.108 e. The van der Waals surface area contributed by atoms with Crippen LogP contribution in [-0.2, 0) is 19.9 Å². The molecule has 1 unspecified atom stereocenters. The van der Waals surface area contributed by atoms with Crippen LogP contribution in [0, 0.1) is 0 Å². The average molecular weight is 258 g/mol. The zero-order chi connectivity index (χ0) is 13.5. The van der Waals surface area contributed by atoms with Gasteiger partial charge in [-0.25, -0.2) is 4.98 Å². The van der Waals surface area contributed by atoms with Crippen LogP contribution >= 0.6 is 0 Å². The van der Waals surface area contributed by atoms with Gasteiger partial charge in [-0.15, -0.1) is 0 Å². The zero-order valence-electron chi connectivity index (χ0n) is 11.7. The van der Waals surface area contributed by atoms with Crippen molar-refractivity contribution in [2.45, 2.75) is 31.7 Å². The van der Waals surface area contributed by atoms with Gasteiger partial charge in [-0.1, -0.05) is 0 Å². The van der Waals surface area contributed by atoms with Crippen LogP contribution < -0.4 is 5.32 Å². The lowest BCUT2D eigenvalue weighted by molar-refractivity contribution is 0.481. The molecule has 0 bridgehead atoms. The molecule has 1 N–H and O–H groups in total. The predicted octanol–water partition coefficient (Wildman–Crippen LogP) is 1.97. The lowest BCUT2D eigenvalue weighted by Gasteiger charge is -2.15. The molecule has 1 atom stereocenters. The Labute approximate surface area is 114 Å². The third-order valence-corrected chi connectivity index (χ3v) is 3.58. The summed E-state index contributed by atoms with van der Waals surface area (Å²) in [5.74, 6) is 1.16. The average Bonchev–Trinajstić information content (AvgIpc) is 2.86. The highest BCUT2D eigenvalue weighted by Gasteiger charge is 2.08. The molecular weight excluding hydrogens is 236 g/mol. The van der Waals surface area contributed by atoms with Crippen molar-refractivity contribution in [2.24, 2.45) is 7.05 Å². The van der Waals surface area contributed by atoms with Crippen molar-refractivity contribution in [1.82, 2.24) is 19.9 Å². The van der Waals surface area contributed by atoms with Crippen LogP contribution in [0.15, 0.2) is 36.9 Å². The highest BCUT2D eigenvalue weighted by Crippen LogP contribution is 2.09. The van der Waals surface area contributed by atoms with Crippen LogP contribution in [-0.4, -0.2) is 27.6 Å². The Kier molecular flexibility index (Phi) is 5.10. The minimum absolute atomic E-state index is 0.532. The topological polar surface area (TPSA) is 42.7 Å². The fourth-order valence-corrected chi connectivity index (χ4v) is 2.26. The van der Waals surface area contributed by atoms with Crippen molar-refractivity contribution in [1.29, 1.82) is 0 Å². The number of pyridine rings is 1. The Bertz CT molecular complexity index is 478. The lowest BCUT2D eigenvalue weighted by atomic mass is 10.0. The maximum atomic E-state index is 4.37. The molecule has 19 heavy (non-hydrogen) atoms. The largest absolute Gasteiger partial charge is 0.338 e. The molecule has 0 radical (unpaired) electrons. The van der Waals surface area contributed by atoms with Crippen LogP contribution in [0.4, 0.5) is 0 Å². The van der Waals surface area contributed by atoms with E-state index in [9.17, 15) is 0 Å². The standard InChI is InChI=1S/C15H22N4/c1-16-14(4-3-13-7-9-17-10-8-13)5-6-15-18-11-12-19(15)2/h7-12,14,16H,3-6H2,1-2H3. The van der Waals surface area contributed by atoms with Crippen LogP contribution in [0.25, 0.3) is 0 Å². The molecule has 2 heterocycles. The summed E-state index contributed by atoms with van der Waals surface area (Å²) in [6.45, 7) is 0. The van der Waals surface area contributed by atoms with Gasteiger partial charge in [0.2, 0.25) is 0 Å². The number of aromatic nitrogens is 3. The van der Waals surface area contributed by atoms with Crippen molar-refractivity contribution >= 4 is 0 Å². The van der Waals surface area contributed by atoms with E-state index in [0.717, 1.165) is 31.5 Å². The Morgan fingerprint density at radius 3 is 2.53 bits per heavy atom. The Morgan fingerprint density at radius 1 is 1.16 bits per heavy atom. The fraction of sp³-hybridized carbons (Fsp3) is 0.467. The molecule has 0 amide bonds. The molecule has 0 aliphatic rings. The Hall–Kier alpha value is -1.68. The first kappa shape index (κ1) is 13.7. The van der Waals surface area contributed by atoms with Gasteiger partial charge in [-0.05, 0) is 44.0 Å². The van der Waals surface area contributed by atoms with Gasteiger partial charge in [0.1, 0.15) is 5.82 Å². The molecule has 0 spiro atoms. The van der Waals surface area contributed by atoms with Gasteiger partial charge in [-0.2, -0.15) is 0 Å². The molecule has 0 saturated heterocycles. The third kappa shape index (κ3) is 4.17. The lowest BCUT2D eigenvalue weighted by Crippen LogP contribution is -2.26. The smallest absolute Gasteiger partial charge is 0.108 e. The van der Waals surface area contributed by atoms with Gasteiger partial charge >= 0.3 is 0 Å². The number of hydrogen-bond acceptors (Lipinski definition) is 3. The first-order valence-corrected chi connectivity index (χ1v) is 6.82. The van der Waals surface area contributed by atoms with Gasteiger partial charge in [0.05, 0.1) is 0 Å². The first-order valence-electron chi connectivity index (χ1n) is 6.82. The summed E-state index contributed by atoms with van der Waals surface area (Å²) in [6.07, 6.45) is 12.0. The van der Waals surface area contributed by atoms with Gasteiger partial charge in [0, 0.05) is 44.3 Å². The third-order valence-electron chi connectivity index (χ3n) is 3.58. The van der Waals surface area contributed by atoms with E-state index in [1.807, 2.05) is 38.9 Å². The summed E-state index contributed by atoms with van der Waals surface area (Å²) in [5, 5.41) is 3.40. The number of nitrogens with zero attached hydrogens (tertiary/aromatic N) is 3. The summed E-state index contributed by atoms with van der Waals surface area (Å²) >= 11 is 0. The Morgan fingerprint density at radius 2 is 1.89 bits per heavy atom. The quantitative estimate of drug-likeness (QED) is 0.825. The van der Waals surface area contributed by atoms with Gasteiger partial charge in [0.25, 0.3) is 0 Å². The molecule has 102 valence electrons. The molecule has 0 aliphatic heterocycles. The number of nitrogens with one attached hydrogen (secondary N) is 1. The highest BCUT2D eigenvalue weighted by molar-refractivity contribution is 5.09. The second kappa shape index (κ2) is 7.04. The minimum Gasteiger partial charge on any atom is -0.338 e. The number of imidazole rings is 1. The van der Waals surface area contributed by atoms with E-state index in [0.29, 0.717) is 6.04 Å². The summed E-state index contributed by atoms with van der Waals surface area (Å²) in [7, 11) is 4.09. The molecule has 0 aliphatic carbocycles. The maximum absolute atomic E-state index is 4.37. The summed E-state index contributed by atoms with van der Waals surface area (Å²) < 4.78 is 2.09. The molecule has 2 aromatic rings. The van der Waals surface area contributed by atoms with Crippen molar-refractivity contribution in [3.05, 3.63) is 48.3 Å².